The first-order chi connectivity index (χ1) is 14.6. The number of aromatic nitrogens is 5. The molecule has 0 spiro atoms. The molecule has 8 heteroatoms. The number of amides is 1. The predicted octanol–water partition coefficient (Wildman–Crippen LogP) is 2.94. The number of likely N-dealkylation sites (tertiary alicyclic amines) is 1. The molecule has 0 aromatic carbocycles. The van der Waals surface area contributed by atoms with E-state index >= 15 is 0 Å². The zero-order valence-electron chi connectivity index (χ0n) is 16.7. The van der Waals surface area contributed by atoms with Gasteiger partial charge in [0.25, 0.3) is 0 Å². The van der Waals surface area contributed by atoms with Crippen molar-refractivity contribution in [3.63, 3.8) is 0 Å². The molecule has 5 heterocycles. The summed E-state index contributed by atoms with van der Waals surface area (Å²) >= 11 is 0. The highest BCUT2D eigenvalue weighted by molar-refractivity contribution is 5.93. The van der Waals surface area contributed by atoms with Gasteiger partial charge in [-0.3, -0.25) is 4.79 Å². The molecule has 0 radical (unpaired) electrons. The Labute approximate surface area is 173 Å². The fourth-order valence-corrected chi connectivity index (χ4v) is 5.15. The van der Waals surface area contributed by atoms with Gasteiger partial charge in [-0.25, -0.2) is 9.97 Å². The number of H-pyrrole nitrogens is 1. The van der Waals surface area contributed by atoms with Crippen LogP contribution in [0.1, 0.15) is 19.8 Å². The Balaban J connectivity index is 1.21. The first-order valence-electron chi connectivity index (χ1n) is 10.4. The SMILES string of the molecule is CC(=O)N1C[C@H]2CC(Nc3ncc4c(-c5ccc6nccn6c5)c[nH]c4n3)C[C@H]2C1. The number of aromatic amines is 1. The lowest BCUT2D eigenvalue weighted by atomic mass is 10.0. The molecule has 2 aliphatic rings. The summed E-state index contributed by atoms with van der Waals surface area (Å²) in [5, 5.41) is 4.52. The summed E-state index contributed by atoms with van der Waals surface area (Å²) in [4.78, 5) is 30.5. The molecule has 3 atom stereocenters. The normalized spacial score (nSPS) is 23.4. The maximum absolute atomic E-state index is 11.6. The molecule has 1 unspecified atom stereocenters. The molecule has 2 N–H and O–H groups in total. The fourth-order valence-electron chi connectivity index (χ4n) is 5.15. The third-order valence-electron chi connectivity index (χ3n) is 6.66. The monoisotopic (exact) mass is 401 g/mol. The third-order valence-corrected chi connectivity index (χ3v) is 6.66. The molecular weight excluding hydrogens is 378 g/mol. The molecule has 1 aliphatic heterocycles. The molecule has 30 heavy (non-hydrogen) atoms. The molecule has 1 saturated carbocycles. The number of fused-ring (bicyclic) bond motifs is 3. The van der Waals surface area contributed by atoms with E-state index in [9.17, 15) is 4.79 Å². The van der Waals surface area contributed by atoms with Crippen molar-refractivity contribution in [3.8, 4) is 11.1 Å². The van der Waals surface area contributed by atoms with E-state index in [0.29, 0.717) is 23.8 Å². The third kappa shape index (κ3) is 2.82. The average molecular weight is 401 g/mol. The standard InChI is InChI=1S/C22H23N7O/c1-13(30)29-11-15-6-17(7-16(15)12-29)26-22-25-9-19-18(8-24-21(19)27-22)14-2-3-20-23-4-5-28(20)10-14/h2-5,8-10,15-17H,6-7,11-12H2,1H3,(H2,24,25,26,27)/t15-,16+,17?. The molecular formula is C22H23N7O. The van der Waals surface area contributed by atoms with Crippen molar-refractivity contribution in [1.29, 1.82) is 0 Å². The highest BCUT2D eigenvalue weighted by Gasteiger charge is 2.41. The summed E-state index contributed by atoms with van der Waals surface area (Å²) in [6.07, 6.45) is 11.8. The lowest BCUT2D eigenvalue weighted by Crippen LogP contribution is -2.29. The number of nitrogens with zero attached hydrogens (tertiary/aromatic N) is 5. The van der Waals surface area contributed by atoms with Gasteiger partial charge < -0.3 is 19.6 Å². The van der Waals surface area contributed by atoms with Crippen LogP contribution in [-0.2, 0) is 4.79 Å². The summed E-state index contributed by atoms with van der Waals surface area (Å²) in [6.45, 7) is 3.44. The molecule has 6 rings (SSSR count). The Morgan fingerprint density at radius 2 is 2.03 bits per heavy atom. The van der Waals surface area contributed by atoms with Crippen molar-refractivity contribution in [2.75, 3.05) is 18.4 Å². The smallest absolute Gasteiger partial charge is 0.224 e. The van der Waals surface area contributed by atoms with E-state index in [-0.39, 0.29) is 5.91 Å². The first-order valence-corrected chi connectivity index (χ1v) is 10.4. The van der Waals surface area contributed by atoms with Gasteiger partial charge in [-0.05, 0) is 36.8 Å². The second-order valence-electron chi connectivity index (χ2n) is 8.53. The van der Waals surface area contributed by atoms with Crippen LogP contribution in [0, 0.1) is 11.8 Å². The van der Waals surface area contributed by atoms with Crippen molar-refractivity contribution in [3.05, 3.63) is 43.1 Å². The number of imidazole rings is 1. The van der Waals surface area contributed by atoms with Gasteiger partial charge in [0.15, 0.2) is 0 Å². The first kappa shape index (κ1) is 17.4. The van der Waals surface area contributed by atoms with Crippen LogP contribution < -0.4 is 5.32 Å². The van der Waals surface area contributed by atoms with Gasteiger partial charge in [-0.1, -0.05) is 0 Å². The van der Waals surface area contributed by atoms with Crippen molar-refractivity contribution < 1.29 is 4.79 Å². The van der Waals surface area contributed by atoms with Gasteiger partial charge in [-0.15, -0.1) is 0 Å². The fraction of sp³-hybridized carbons (Fsp3) is 0.364. The number of pyridine rings is 1. The molecule has 1 saturated heterocycles. The number of hydrogen-bond donors (Lipinski definition) is 2. The van der Waals surface area contributed by atoms with Gasteiger partial charge in [-0.2, -0.15) is 4.98 Å². The molecule has 0 bridgehead atoms. The van der Waals surface area contributed by atoms with Crippen molar-refractivity contribution >= 4 is 28.5 Å². The Bertz CT molecular complexity index is 1240. The van der Waals surface area contributed by atoms with E-state index in [0.717, 1.165) is 53.7 Å². The van der Waals surface area contributed by atoms with Gasteiger partial charge in [0, 0.05) is 73.6 Å². The van der Waals surface area contributed by atoms with Crippen LogP contribution in [0.3, 0.4) is 0 Å². The Morgan fingerprint density at radius 3 is 2.83 bits per heavy atom. The number of carbonyl (C=O) groups excluding carboxylic acids is 1. The number of anilines is 1. The Kier molecular flexibility index (Phi) is 3.81. The molecule has 152 valence electrons. The van der Waals surface area contributed by atoms with Crippen LogP contribution in [0.5, 0.6) is 0 Å². The minimum atomic E-state index is 0.192. The molecule has 2 fully saturated rings. The number of hydrogen-bond acceptors (Lipinski definition) is 5. The van der Waals surface area contributed by atoms with Gasteiger partial charge in [0.05, 0.1) is 0 Å². The zero-order valence-corrected chi connectivity index (χ0v) is 16.7. The largest absolute Gasteiger partial charge is 0.351 e. The molecule has 1 amide bonds. The second kappa shape index (κ2) is 6.55. The van der Waals surface area contributed by atoms with Gasteiger partial charge in [0.1, 0.15) is 11.3 Å². The summed E-state index contributed by atoms with van der Waals surface area (Å²) in [7, 11) is 0. The van der Waals surface area contributed by atoms with Crippen molar-refractivity contribution in [2.45, 2.75) is 25.8 Å². The molecule has 4 aromatic rings. The zero-order chi connectivity index (χ0) is 20.2. The summed E-state index contributed by atoms with van der Waals surface area (Å²) in [5.41, 5.74) is 3.92. The van der Waals surface area contributed by atoms with Gasteiger partial charge >= 0.3 is 0 Å². The predicted molar refractivity (Wildman–Crippen MR) is 114 cm³/mol. The second-order valence-corrected chi connectivity index (χ2v) is 8.53. The average Bonchev–Trinajstić information content (AvgIpc) is 3.49. The maximum atomic E-state index is 11.6. The Hall–Kier alpha value is -3.42. The highest BCUT2D eigenvalue weighted by atomic mass is 16.2. The quantitative estimate of drug-likeness (QED) is 0.551. The van der Waals surface area contributed by atoms with Crippen LogP contribution in [-0.4, -0.2) is 54.3 Å². The molecule has 4 aromatic heterocycles. The van der Waals surface area contributed by atoms with Crippen LogP contribution in [0.15, 0.2) is 43.1 Å². The Morgan fingerprint density at radius 1 is 1.20 bits per heavy atom. The van der Waals surface area contributed by atoms with E-state index in [1.807, 2.05) is 34.0 Å². The van der Waals surface area contributed by atoms with Crippen LogP contribution in [0.2, 0.25) is 0 Å². The lowest BCUT2D eigenvalue weighted by molar-refractivity contribution is -0.128. The van der Waals surface area contributed by atoms with E-state index in [4.69, 9.17) is 4.98 Å². The van der Waals surface area contributed by atoms with Crippen LogP contribution in [0.25, 0.3) is 27.8 Å². The summed E-state index contributed by atoms with van der Waals surface area (Å²) in [5.74, 6) is 2.03. The van der Waals surface area contributed by atoms with E-state index in [1.165, 1.54) is 0 Å². The van der Waals surface area contributed by atoms with E-state index in [2.05, 4.69) is 32.5 Å². The van der Waals surface area contributed by atoms with Crippen LogP contribution >= 0.6 is 0 Å². The summed E-state index contributed by atoms with van der Waals surface area (Å²) < 4.78 is 2.01. The van der Waals surface area contributed by atoms with Crippen LogP contribution in [0.4, 0.5) is 5.95 Å². The number of carbonyl (C=O) groups is 1. The number of nitrogens with one attached hydrogen (secondary N) is 2. The minimum absolute atomic E-state index is 0.192. The molecule has 1 aliphatic carbocycles. The summed E-state index contributed by atoms with van der Waals surface area (Å²) in [6, 6.07) is 4.44. The number of rotatable bonds is 3. The van der Waals surface area contributed by atoms with Gasteiger partial charge in [0.2, 0.25) is 11.9 Å². The topological polar surface area (TPSA) is 91.2 Å². The van der Waals surface area contributed by atoms with E-state index < -0.39 is 0 Å². The maximum Gasteiger partial charge on any atom is 0.224 e. The van der Waals surface area contributed by atoms with Crippen molar-refractivity contribution in [2.24, 2.45) is 11.8 Å². The minimum Gasteiger partial charge on any atom is -0.351 e. The highest BCUT2D eigenvalue weighted by Crippen LogP contribution is 2.39. The molecule has 8 nitrogen and oxygen atoms in total. The lowest BCUT2D eigenvalue weighted by Gasteiger charge is -2.18. The van der Waals surface area contributed by atoms with E-state index in [1.54, 1.807) is 13.1 Å². The van der Waals surface area contributed by atoms with Crippen molar-refractivity contribution in [1.82, 2.24) is 29.2 Å².